The molecule has 0 radical (unpaired) electrons. The lowest BCUT2D eigenvalue weighted by atomic mass is 10.2. The highest BCUT2D eigenvalue weighted by Gasteiger charge is 2.02. The molecule has 0 fully saturated rings. The number of hydrogen-bond donors (Lipinski definition) is 1. The van der Waals surface area contributed by atoms with Crippen molar-refractivity contribution in [3.05, 3.63) is 46.5 Å². The topological polar surface area (TPSA) is 29.9 Å². The summed E-state index contributed by atoms with van der Waals surface area (Å²) < 4.78 is 3.33. The van der Waals surface area contributed by atoms with Gasteiger partial charge in [-0.3, -0.25) is 0 Å². The largest absolute Gasteiger partial charge is 0.378 e. The van der Waals surface area contributed by atoms with Gasteiger partial charge in [0.15, 0.2) is 0 Å². The average molecular weight is 308 g/mol. The van der Waals surface area contributed by atoms with Crippen LogP contribution in [0.2, 0.25) is 0 Å². The number of aromatic nitrogens is 2. The van der Waals surface area contributed by atoms with Crippen LogP contribution in [0.3, 0.4) is 0 Å². The lowest BCUT2D eigenvalue weighted by Crippen LogP contribution is -2.08. The van der Waals surface area contributed by atoms with Gasteiger partial charge in [0.05, 0.1) is 6.54 Å². The van der Waals surface area contributed by atoms with E-state index in [0.29, 0.717) is 0 Å². The van der Waals surface area contributed by atoms with E-state index in [1.165, 1.54) is 5.56 Å². The quantitative estimate of drug-likeness (QED) is 0.905. The Labute approximate surface area is 116 Å². The van der Waals surface area contributed by atoms with E-state index in [9.17, 15) is 0 Å². The molecule has 0 amide bonds. The molecule has 0 aliphatic carbocycles. The van der Waals surface area contributed by atoms with Crippen molar-refractivity contribution in [3.63, 3.8) is 0 Å². The third kappa shape index (κ3) is 3.13. The zero-order valence-corrected chi connectivity index (χ0v) is 12.4. The molecule has 0 saturated carbocycles. The molecule has 1 aromatic heterocycles. The lowest BCUT2D eigenvalue weighted by molar-refractivity contribution is 0.644. The van der Waals surface area contributed by atoms with E-state index >= 15 is 0 Å². The van der Waals surface area contributed by atoms with Crippen molar-refractivity contribution in [3.8, 4) is 0 Å². The summed E-state index contributed by atoms with van der Waals surface area (Å²) in [5.41, 5.74) is 2.36. The maximum atomic E-state index is 4.38. The zero-order valence-electron chi connectivity index (χ0n) is 10.8. The fourth-order valence-electron chi connectivity index (χ4n) is 1.89. The maximum absolute atomic E-state index is 4.38. The molecule has 18 heavy (non-hydrogen) atoms. The molecule has 0 bridgehead atoms. The van der Waals surface area contributed by atoms with Crippen molar-refractivity contribution in [1.82, 2.24) is 9.55 Å². The van der Waals surface area contributed by atoms with Gasteiger partial charge in [0.1, 0.15) is 5.82 Å². The van der Waals surface area contributed by atoms with Crippen LogP contribution in [0.4, 0.5) is 5.69 Å². The summed E-state index contributed by atoms with van der Waals surface area (Å²) in [7, 11) is 0. The second-order valence-corrected chi connectivity index (χ2v) is 5.21. The van der Waals surface area contributed by atoms with Crippen LogP contribution in [-0.4, -0.2) is 9.55 Å². The second kappa shape index (κ2) is 6.05. The van der Waals surface area contributed by atoms with Gasteiger partial charge in [0.25, 0.3) is 0 Å². The Kier molecular flexibility index (Phi) is 4.42. The van der Waals surface area contributed by atoms with Crippen molar-refractivity contribution in [2.45, 2.75) is 33.4 Å². The van der Waals surface area contributed by atoms with E-state index in [-0.39, 0.29) is 0 Å². The predicted octanol–water partition coefficient (Wildman–Crippen LogP) is 3.98. The molecule has 4 heteroatoms. The van der Waals surface area contributed by atoms with Crippen molar-refractivity contribution < 1.29 is 0 Å². The fraction of sp³-hybridized carbons (Fsp3) is 0.357. The summed E-state index contributed by atoms with van der Waals surface area (Å²) in [4.78, 5) is 4.38. The lowest BCUT2D eigenvalue weighted by Gasteiger charge is -2.10. The van der Waals surface area contributed by atoms with Crippen molar-refractivity contribution in [2.24, 2.45) is 0 Å². The molecule has 0 atom stereocenters. The molecule has 0 unspecified atom stereocenters. The number of aryl methyl sites for hydroxylation is 2. The SMILES string of the molecule is CCCn1ccnc1CNc1ccc(Br)c(C)c1. The van der Waals surface area contributed by atoms with E-state index in [0.717, 1.165) is 35.5 Å². The van der Waals surface area contributed by atoms with Crippen LogP contribution in [0.1, 0.15) is 24.7 Å². The maximum Gasteiger partial charge on any atom is 0.128 e. The third-order valence-electron chi connectivity index (χ3n) is 2.87. The molecule has 0 saturated heterocycles. The van der Waals surface area contributed by atoms with Gasteiger partial charge in [0, 0.05) is 29.1 Å². The first-order valence-corrected chi connectivity index (χ1v) is 7.00. The second-order valence-electron chi connectivity index (χ2n) is 4.35. The Morgan fingerprint density at radius 1 is 1.39 bits per heavy atom. The first-order chi connectivity index (χ1) is 8.70. The van der Waals surface area contributed by atoms with Crippen LogP contribution < -0.4 is 5.32 Å². The Morgan fingerprint density at radius 2 is 2.22 bits per heavy atom. The number of imidazole rings is 1. The molecule has 2 aromatic rings. The summed E-state index contributed by atoms with van der Waals surface area (Å²) in [6, 6.07) is 6.28. The first kappa shape index (κ1) is 13.1. The van der Waals surface area contributed by atoms with Crippen LogP contribution >= 0.6 is 15.9 Å². The van der Waals surface area contributed by atoms with Crippen molar-refractivity contribution in [1.29, 1.82) is 0 Å². The highest BCUT2D eigenvalue weighted by atomic mass is 79.9. The Morgan fingerprint density at radius 3 is 2.94 bits per heavy atom. The molecule has 1 aromatic carbocycles. The molecule has 3 nitrogen and oxygen atoms in total. The van der Waals surface area contributed by atoms with Crippen LogP contribution in [0.25, 0.3) is 0 Å². The molecule has 0 aliphatic rings. The van der Waals surface area contributed by atoms with E-state index in [1.54, 1.807) is 0 Å². The highest BCUT2D eigenvalue weighted by molar-refractivity contribution is 9.10. The van der Waals surface area contributed by atoms with Crippen LogP contribution in [0.15, 0.2) is 35.1 Å². The zero-order chi connectivity index (χ0) is 13.0. The highest BCUT2D eigenvalue weighted by Crippen LogP contribution is 2.20. The van der Waals surface area contributed by atoms with Crippen molar-refractivity contribution in [2.75, 3.05) is 5.32 Å². The minimum absolute atomic E-state index is 0.758. The average Bonchev–Trinajstić information content (AvgIpc) is 2.79. The monoisotopic (exact) mass is 307 g/mol. The smallest absolute Gasteiger partial charge is 0.128 e. The van der Waals surface area contributed by atoms with Crippen LogP contribution in [0.5, 0.6) is 0 Å². The molecule has 1 heterocycles. The fourth-order valence-corrected chi connectivity index (χ4v) is 2.13. The number of benzene rings is 1. The standard InChI is InChI=1S/C14H18BrN3/c1-3-7-18-8-6-16-14(18)10-17-12-4-5-13(15)11(2)9-12/h4-6,8-9,17H,3,7,10H2,1-2H3. The van der Waals surface area contributed by atoms with Crippen LogP contribution in [-0.2, 0) is 13.1 Å². The van der Waals surface area contributed by atoms with Gasteiger partial charge in [-0.2, -0.15) is 0 Å². The number of halogens is 1. The van der Waals surface area contributed by atoms with Crippen LogP contribution in [0, 0.1) is 6.92 Å². The Hall–Kier alpha value is -1.29. The van der Waals surface area contributed by atoms with E-state index < -0.39 is 0 Å². The summed E-state index contributed by atoms with van der Waals surface area (Å²) >= 11 is 3.51. The minimum atomic E-state index is 0.758. The molecule has 1 N–H and O–H groups in total. The van der Waals surface area contributed by atoms with E-state index in [2.05, 4.69) is 62.8 Å². The summed E-state index contributed by atoms with van der Waals surface area (Å²) in [5, 5.41) is 3.41. The first-order valence-electron chi connectivity index (χ1n) is 6.20. The Bertz CT molecular complexity index is 520. The van der Waals surface area contributed by atoms with Gasteiger partial charge < -0.3 is 9.88 Å². The van der Waals surface area contributed by atoms with Gasteiger partial charge >= 0.3 is 0 Å². The molecular formula is C14H18BrN3. The van der Waals surface area contributed by atoms with Gasteiger partial charge in [0.2, 0.25) is 0 Å². The number of anilines is 1. The Balaban J connectivity index is 2.02. The number of rotatable bonds is 5. The minimum Gasteiger partial charge on any atom is -0.378 e. The molecule has 0 spiro atoms. The number of hydrogen-bond acceptors (Lipinski definition) is 2. The predicted molar refractivity (Wildman–Crippen MR) is 78.7 cm³/mol. The normalized spacial score (nSPS) is 10.6. The van der Waals surface area contributed by atoms with Gasteiger partial charge in [-0.15, -0.1) is 0 Å². The molecular weight excluding hydrogens is 290 g/mol. The van der Waals surface area contributed by atoms with Crippen molar-refractivity contribution >= 4 is 21.6 Å². The summed E-state index contributed by atoms with van der Waals surface area (Å²) in [6.45, 7) is 6.05. The summed E-state index contributed by atoms with van der Waals surface area (Å²) in [5.74, 6) is 1.08. The number of nitrogens with zero attached hydrogens (tertiary/aromatic N) is 2. The molecule has 0 aliphatic heterocycles. The summed E-state index contributed by atoms with van der Waals surface area (Å²) in [6.07, 6.45) is 5.02. The van der Waals surface area contributed by atoms with E-state index in [4.69, 9.17) is 0 Å². The van der Waals surface area contributed by atoms with Gasteiger partial charge in [-0.05, 0) is 37.1 Å². The van der Waals surface area contributed by atoms with Gasteiger partial charge in [-0.1, -0.05) is 22.9 Å². The van der Waals surface area contributed by atoms with E-state index in [1.807, 2.05) is 12.4 Å². The molecule has 96 valence electrons. The molecule has 2 rings (SSSR count). The third-order valence-corrected chi connectivity index (χ3v) is 3.76. The van der Waals surface area contributed by atoms with Gasteiger partial charge in [-0.25, -0.2) is 4.98 Å². The number of nitrogens with one attached hydrogen (secondary N) is 1.